The summed E-state index contributed by atoms with van der Waals surface area (Å²) < 4.78 is 4.30. The maximum atomic E-state index is 4.70. The molecule has 0 aliphatic rings. The van der Waals surface area contributed by atoms with Gasteiger partial charge in [-0.3, -0.25) is 9.67 Å². The normalized spacial score (nSPS) is 11.9. The van der Waals surface area contributed by atoms with Crippen LogP contribution in [0.5, 0.6) is 0 Å². The first kappa shape index (κ1) is 19.9. The molecule has 2 N–H and O–H groups in total. The summed E-state index contributed by atoms with van der Waals surface area (Å²) in [5.74, 6) is 1.90. The molecule has 7 heteroatoms. The molecular weight excluding hydrogens is 350 g/mol. The molecule has 1 aromatic carbocycles. The Balaban J connectivity index is 1.51. The van der Waals surface area contributed by atoms with Crippen molar-refractivity contribution >= 4 is 17.0 Å². The molecule has 0 fully saturated rings. The zero-order valence-electron chi connectivity index (χ0n) is 17.4. The molecule has 0 saturated carbocycles. The number of nitrogens with zero attached hydrogens (tertiary/aromatic N) is 5. The molecule has 0 aliphatic carbocycles. The molecule has 0 unspecified atom stereocenters. The van der Waals surface area contributed by atoms with E-state index in [0.29, 0.717) is 0 Å². The maximum absolute atomic E-state index is 4.70. The topological polar surface area (TPSA) is 72.1 Å². The second kappa shape index (κ2) is 9.39. The number of fused-ring (bicyclic) bond motifs is 1. The molecule has 0 radical (unpaired) electrons. The van der Waals surface area contributed by atoms with Gasteiger partial charge in [-0.05, 0) is 52.3 Å². The third-order valence-corrected chi connectivity index (χ3v) is 4.72. The summed E-state index contributed by atoms with van der Waals surface area (Å²) in [5, 5.41) is 11.3. The van der Waals surface area contributed by atoms with Crippen LogP contribution in [-0.4, -0.2) is 44.9 Å². The number of para-hydroxylation sites is 2. The van der Waals surface area contributed by atoms with Crippen LogP contribution < -0.4 is 10.6 Å². The van der Waals surface area contributed by atoms with Crippen molar-refractivity contribution in [2.75, 3.05) is 19.6 Å². The number of benzene rings is 1. The Labute approximate surface area is 166 Å². The van der Waals surface area contributed by atoms with E-state index in [0.717, 1.165) is 62.1 Å². The number of rotatable bonds is 8. The summed E-state index contributed by atoms with van der Waals surface area (Å²) in [7, 11) is 0. The monoisotopic (exact) mass is 381 g/mol. The summed E-state index contributed by atoms with van der Waals surface area (Å²) in [6.45, 7) is 12.4. The smallest absolute Gasteiger partial charge is 0.191 e. The lowest BCUT2D eigenvalue weighted by molar-refractivity contribution is 0.566. The summed E-state index contributed by atoms with van der Waals surface area (Å²) in [6, 6.07) is 10.4. The number of aliphatic imine (C=N–C) groups is 1. The first-order valence-electron chi connectivity index (χ1n) is 10.0. The van der Waals surface area contributed by atoms with E-state index >= 15 is 0 Å². The van der Waals surface area contributed by atoms with E-state index in [1.165, 1.54) is 11.2 Å². The van der Waals surface area contributed by atoms with Gasteiger partial charge in [-0.1, -0.05) is 12.1 Å². The largest absolute Gasteiger partial charge is 0.357 e. The van der Waals surface area contributed by atoms with Crippen molar-refractivity contribution < 1.29 is 0 Å². The number of aromatic nitrogens is 4. The van der Waals surface area contributed by atoms with Gasteiger partial charge in [-0.15, -0.1) is 0 Å². The lowest BCUT2D eigenvalue weighted by atomic mass is 10.3. The predicted molar refractivity (Wildman–Crippen MR) is 115 cm³/mol. The fourth-order valence-corrected chi connectivity index (χ4v) is 3.42. The van der Waals surface area contributed by atoms with Gasteiger partial charge in [0.2, 0.25) is 0 Å². The van der Waals surface area contributed by atoms with Crippen molar-refractivity contribution in [3.63, 3.8) is 0 Å². The first-order chi connectivity index (χ1) is 13.6. The third kappa shape index (κ3) is 4.91. The van der Waals surface area contributed by atoms with Crippen molar-refractivity contribution in [3.8, 4) is 0 Å². The van der Waals surface area contributed by atoms with Crippen LogP contribution in [0, 0.1) is 20.8 Å². The van der Waals surface area contributed by atoms with E-state index in [1.807, 2.05) is 13.0 Å². The minimum absolute atomic E-state index is 0.765. The van der Waals surface area contributed by atoms with Crippen molar-refractivity contribution in [1.82, 2.24) is 30.0 Å². The standard InChI is InChI=1S/C21H31N7/c1-5-22-21(23-11-8-13-28-17(3)15-16(2)26-28)24-12-14-27-18(4)25-19-9-6-7-10-20(19)27/h6-7,9-10,15H,5,8,11-14H2,1-4H3,(H2,22,23,24). The fraction of sp³-hybridized carbons (Fsp3) is 0.476. The molecule has 28 heavy (non-hydrogen) atoms. The molecule has 0 aliphatic heterocycles. The molecule has 0 bridgehead atoms. The van der Waals surface area contributed by atoms with Gasteiger partial charge < -0.3 is 15.2 Å². The van der Waals surface area contributed by atoms with Crippen molar-refractivity contribution in [2.24, 2.45) is 4.99 Å². The van der Waals surface area contributed by atoms with Crippen LogP contribution >= 0.6 is 0 Å². The lowest BCUT2D eigenvalue weighted by Crippen LogP contribution is -2.39. The SMILES string of the molecule is CCNC(=NCCCn1nc(C)cc1C)NCCn1c(C)nc2ccccc21. The molecular formula is C21H31N7. The number of hydrogen-bond donors (Lipinski definition) is 2. The molecule has 0 spiro atoms. The highest BCUT2D eigenvalue weighted by atomic mass is 15.3. The molecule has 3 aromatic rings. The van der Waals surface area contributed by atoms with Crippen LogP contribution in [-0.2, 0) is 13.1 Å². The van der Waals surface area contributed by atoms with Gasteiger partial charge in [-0.2, -0.15) is 5.10 Å². The minimum atomic E-state index is 0.765. The fourth-order valence-electron chi connectivity index (χ4n) is 3.42. The summed E-state index contributed by atoms with van der Waals surface area (Å²) in [4.78, 5) is 9.32. The quantitative estimate of drug-likeness (QED) is 0.358. The average molecular weight is 382 g/mol. The second-order valence-electron chi connectivity index (χ2n) is 6.99. The Bertz CT molecular complexity index is 936. The number of aryl methyl sites for hydroxylation is 4. The van der Waals surface area contributed by atoms with E-state index in [-0.39, 0.29) is 0 Å². The molecule has 3 rings (SSSR count). The molecule has 2 heterocycles. The van der Waals surface area contributed by atoms with Crippen LogP contribution in [0.25, 0.3) is 11.0 Å². The highest BCUT2D eigenvalue weighted by Gasteiger charge is 2.06. The van der Waals surface area contributed by atoms with Gasteiger partial charge in [0.25, 0.3) is 0 Å². The van der Waals surface area contributed by atoms with Crippen LogP contribution in [0.4, 0.5) is 0 Å². The minimum Gasteiger partial charge on any atom is -0.357 e. The highest BCUT2D eigenvalue weighted by Crippen LogP contribution is 2.14. The Morgan fingerprint density at radius 2 is 1.93 bits per heavy atom. The number of guanidine groups is 1. The molecule has 0 saturated heterocycles. The van der Waals surface area contributed by atoms with Gasteiger partial charge >= 0.3 is 0 Å². The van der Waals surface area contributed by atoms with E-state index in [2.05, 4.69) is 75.0 Å². The Morgan fingerprint density at radius 3 is 2.68 bits per heavy atom. The van der Waals surface area contributed by atoms with Gasteiger partial charge in [0.15, 0.2) is 5.96 Å². The Kier molecular flexibility index (Phi) is 6.68. The molecule has 150 valence electrons. The van der Waals surface area contributed by atoms with Gasteiger partial charge in [0, 0.05) is 38.4 Å². The van der Waals surface area contributed by atoms with E-state index in [9.17, 15) is 0 Å². The van der Waals surface area contributed by atoms with Crippen molar-refractivity contribution in [2.45, 2.75) is 47.2 Å². The first-order valence-corrected chi connectivity index (χ1v) is 10.0. The van der Waals surface area contributed by atoms with Crippen LogP contribution in [0.3, 0.4) is 0 Å². The number of hydrogen-bond acceptors (Lipinski definition) is 3. The Morgan fingerprint density at radius 1 is 1.11 bits per heavy atom. The van der Waals surface area contributed by atoms with Crippen molar-refractivity contribution in [3.05, 3.63) is 47.5 Å². The molecule has 7 nitrogen and oxygen atoms in total. The highest BCUT2D eigenvalue weighted by molar-refractivity contribution is 5.79. The number of imidazole rings is 1. The van der Waals surface area contributed by atoms with E-state index in [4.69, 9.17) is 4.99 Å². The zero-order chi connectivity index (χ0) is 19.9. The van der Waals surface area contributed by atoms with Gasteiger partial charge in [-0.25, -0.2) is 4.98 Å². The van der Waals surface area contributed by atoms with E-state index < -0.39 is 0 Å². The maximum Gasteiger partial charge on any atom is 0.191 e. The van der Waals surface area contributed by atoms with E-state index in [1.54, 1.807) is 0 Å². The predicted octanol–water partition coefficient (Wildman–Crippen LogP) is 2.80. The third-order valence-electron chi connectivity index (χ3n) is 4.72. The lowest BCUT2D eigenvalue weighted by Gasteiger charge is -2.13. The summed E-state index contributed by atoms with van der Waals surface area (Å²) in [5.41, 5.74) is 4.49. The van der Waals surface area contributed by atoms with Crippen LogP contribution in [0.1, 0.15) is 30.6 Å². The average Bonchev–Trinajstić information content (AvgIpc) is 3.16. The van der Waals surface area contributed by atoms with Crippen LogP contribution in [0.15, 0.2) is 35.3 Å². The van der Waals surface area contributed by atoms with Gasteiger partial charge in [0.1, 0.15) is 5.82 Å². The summed E-state index contributed by atoms with van der Waals surface area (Å²) in [6.07, 6.45) is 0.962. The molecule has 0 amide bonds. The van der Waals surface area contributed by atoms with Gasteiger partial charge in [0.05, 0.1) is 16.7 Å². The van der Waals surface area contributed by atoms with Crippen molar-refractivity contribution in [1.29, 1.82) is 0 Å². The number of nitrogens with one attached hydrogen (secondary N) is 2. The molecule has 2 aromatic heterocycles. The molecule has 0 atom stereocenters. The second-order valence-corrected chi connectivity index (χ2v) is 6.99. The van der Waals surface area contributed by atoms with Crippen LogP contribution in [0.2, 0.25) is 0 Å². The summed E-state index contributed by atoms with van der Waals surface area (Å²) >= 11 is 0. The Hall–Kier alpha value is -2.83. The zero-order valence-corrected chi connectivity index (χ0v) is 17.4.